The zero-order chi connectivity index (χ0) is 15.6. The molecule has 0 saturated heterocycles. The van der Waals surface area contributed by atoms with E-state index in [0.717, 1.165) is 22.7 Å². The molecule has 0 bridgehead atoms. The van der Waals surface area contributed by atoms with Crippen LogP contribution in [0.25, 0.3) is 0 Å². The maximum Gasteiger partial charge on any atom is 0.119 e. The van der Waals surface area contributed by atoms with Crippen molar-refractivity contribution in [1.82, 2.24) is 9.78 Å². The van der Waals surface area contributed by atoms with Gasteiger partial charge in [-0.25, -0.2) is 0 Å². The molecule has 114 valence electrons. The monoisotopic (exact) mass is 288 g/mol. The summed E-state index contributed by atoms with van der Waals surface area (Å²) >= 11 is 0. The second-order valence-corrected chi connectivity index (χ2v) is 5.73. The van der Waals surface area contributed by atoms with Crippen LogP contribution in [0.2, 0.25) is 0 Å². The molecule has 0 amide bonds. The van der Waals surface area contributed by atoms with Gasteiger partial charge in [0.1, 0.15) is 5.75 Å². The number of aliphatic hydroxyl groups excluding tert-OH is 1. The van der Waals surface area contributed by atoms with E-state index in [1.165, 1.54) is 5.56 Å². The molecule has 0 spiro atoms. The van der Waals surface area contributed by atoms with Crippen LogP contribution in [-0.2, 0) is 6.54 Å². The largest absolute Gasteiger partial charge is 0.491 e. The second-order valence-electron chi connectivity index (χ2n) is 5.73. The number of ether oxygens (including phenoxy) is 1. The highest BCUT2D eigenvalue weighted by Gasteiger charge is 2.13. The molecular formula is C17H24N2O2. The van der Waals surface area contributed by atoms with Crippen molar-refractivity contribution in [3.8, 4) is 5.75 Å². The summed E-state index contributed by atoms with van der Waals surface area (Å²) in [5, 5.41) is 14.8. The Kier molecular flexibility index (Phi) is 4.68. The van der Waals surface area contributed by atoms with E-state index in [1.807, 2.05) is 56.6 Å². The van der Waals surface area contributed by atoms with Crippen LogP contribution < -0.4 is 4.74 Å². The predicted molar refractivity (Wildman–Crippen MR) is 83.6 cm³/mol. The smallest absolute Gasteiger partial charge is 0.119 e. The van der Waals surface area contributed by atoms with Gasteiger partial charge in [-0.1, -0.05) is 12.1 Å². The zero-order valence-electron chi connectivity index (χ0n) is 13.4. The molecule has 1 heterocycles. The Morgan fingerprint density at radius 1 is 1.14 bits per heavy atom. The Bertz CT molecular complexity index is 600. The van der Waals surface area contributed by atoms with Gasteiger partial charge in [-0.3, -0.25) is 4.68 Å². The topological polar surface area (TPSA) is 47.3 Å². The van der Waals surface area contributed by atoms with E-state index in [9.17, 15) is 5.11 Å². The third-order valence-corrected chi connectivity index (χ3v) is 3.73. The predicted octanol–water partition coefficient (Wildman–Crippen LogP) is 3.33. The van der Waals surface area contributed by atoms with Crippen molar-refractivity contribution in [1.29, 1.82) is 0 Å². The van der Waals surface area contributed by atoms with Crippen molar-refractivity contribution >= 4 is 0 Å². The minimum atomic E-state index is -0.574. The highest BCUT2D eigenvalue weighted by Crippen LogP contribution is 2.21. The number of aryl methyl sites for hydroxylation is 1. The minimum Gasteiger partial charge on any atom is -0.491 e. The molecule has 0 aliphatic carbocycles. The number of aliphatic hydroxyl groups is 1. The van der Waals surface area contributed by atoms with Gasteiger partial charge >= 0.3 is 0 Å². The first kappa shape index (κ1) is 15.6. The molecule has 0 radical (unpaired) electrons. The first-order valence-electron chi connectivity index (χ1n) is 7.33. The number of hydrogen-bond acceptors (Lipinski definition) is 3. The third kappa shape index (κ3) is 3.64. The summed E-state index contributed by atoms with van der Waals surface area (Å²) in [7, 11) is 0. The fraction of sp³-hybridized carbons (Fsp3) is 0.471. The molecule has 1 atom stereocenters. The van der Waals surface area contributed by atoms with Gasteiger partial charge in [0.25, 0.3) is 0 Å². The summed E-state index contributed by atoms with van der Waals surface area (Å²) in [5.41, 5.74) is 4.17. The molecular weight excluding hydrogens is 264 g/mol. The molecule has 4 nitrogen and oxygen atoms in total. The molecule has 2 rings (SSSR count). The summed E-state index contributed by atoms with van der Waals surface area (Å²) in [6, 6.07) is 7.60. The lowest BCUT2D eigenvalue weighted by Crippen LogP contribution is -2.12. The minimum absolute atomic E-state index is 0.151. The lowest BCUT2D eigenvalue weighted by Gasteiger charge is -2.14. The van der Waals surface area contributed by atoms with Gasteiger partial charge in [-0.15, -0.1) is 0 Å². The Labute approximate surface area is 126 Å². The quantitative estimate of drug-likeness (QED) is 0.918. The first-order valence-corrected chi connectivity index (χ1v) is 7.33. The van der Waals surface area contributed by atoms with E-state index in [0.29, 0.717) is 6.54 Å². The normalized spacial score (nSPS) is 12.7. The van der Waals surface area contributed by atoms with E-state index in [-0.39, 0.29) is 6.10 Å². The number of rotatable bonds is 5. The van der Waals surface area contributed by atoms with Crippen LogP contribution in [0.1, 0.15) is 42.5 Å². The van der Waals surface area contributed by atoms with Crippen LogP contribution >= 0.6 is 0 Å². The van der Waals surface area contributed by atoms with Crippen LogP contribution in [0.15, 0.2) is 24.3 Å². The lowest BCUT2D eigenvalue weighted by molar-refractivity contribution is 0.150. The van der Waals surface area contributed by atoms with Crippen molar-refractivity contribution in [2.45, 2.75) is 53.4 Å². The number of benzene rings is 1. The average molecular weight is 288 g/mol. The summed E-state index contributed by atoms with van der Waals surface area (Å²) in [4.78, 5) is 0. The lowest BCUT2D eigenvalue weighted by atomic mass is 10.1. The van der Waals surface area contributed by atoms with E-state index >= 15 is 0 Å². The van der Waals surface area contributed by atoms with E-state index in [2.05, 4.69) is 12.0 Å². The van der Waals surface area contributed by atoms with Crippen LogP contribution in [0.5, 0.6) is 5.75 Å². The molecule has 1 aromatic carbocycles. The summed E-state index contributed by atoms with van der Waals surface area (Å²) < 4.78 is 7.48. The molecule has 0 aliphatic heterocycles. The SMILES string of the molecule is Cc1nn(CC(O)c2ccc(OC(C)C)cc2)c(C)c1C. The van der Waals surface area contributed by atoms with Crippen molar-refractivity contribution in [3.05, 3.63) is 46.8 Å². The van der Waals surface area contributed by atoms with Crippen molar-refractivity contribution in [2.75, 3.05) is 0 Å². The van der Waals surface area contributed by atoms with Crippen LogP contribution in [0.4, 0.5) is 0 Å². The van der Waals surface area contributed by atoms with Crippen molar-refractivity contribution < 1.29 is 9.84 Å². The molecule has 1 aromatic heterocycles. The maximum absolute atomic E-state index is 10.4. The second kappa shape index (κ2) is 6.31. The van der Waals surface area contributed by atoms with Crippen molar-refractivity contribution in [3.63, 3.8) is 0 Å². The molecule has 0 aliphatic rings. The third-order valence-electron chi connectivity index (χ3n) is 3.73. The van der Waals surface area contributed by atoms with E-state index in [4.69, 9.17) is 4.74 Å². The maximum atomic E-state index is 10.4. The molecule has 1 N–H and O–H groups in total. The fourth-order valence-electron chi connectivity index (χ4n) is 2.27. The van der Waals surface area contributed by atoms with Gasteiger partial charge in [0.2, 0.25) is 0 Å². The Morgan fingerprint density at radius 3 is 2.24 bits per heavy atom. The van der Waals surface area contributed by atoms with Gasteiger partial charge in [-0.2, -0.15) is 5.10 Å². The molecule has 0 saturated carbocycles. The molecule has 4 heteroatoms. The van der Waals surface area contributed by atoms with Gasteiger partial charge in [-0.05, 0) is 57.9 Å². The van der Waals surface area contributed by atoms with E-state index < -0.39 is 6.10 Å². The van der Waals surface area contributed by atoms with Crippen LogP contribution in [0, 0.1) is 20.8 Å². The summed E-state index contributed by atoms with van der Waals surface area (Å²) in [6.07, 6.45) is -0.422. The summed E-state index contributed by atoms with van der Waals surface area (Å²) in [6.45, 7) is 10.5. The number of aromatic nitrogens is 2. The molecule has 2 aromatic rings. The molecule has 1 unspecified atom stereocenters. The number of nitrogens with zero attached hydrogens (tertiary/aromatic N) is 2. The van der Waals surface area contributed by atoms with Gasteiger partial charge in [0.05, 0.1) is 24.4 Å². The van der Waals surface area contributed by atoms with Gasteiger partial charge < -0.3 is 9.84 Å². The van der Waals surface area contributed by atoms with Crippen molar-refractivity contribution in [2.24, 2.45) is 0 Å². The van der Waals surface area contributed by atoms with Crippen LogP contribution in [0.3, 0.4) is 0 Å². The number of hydrogen-bond donors (Lipinski definition) is 1. The fourth-order valence-corrected chi connectivity index (χ4v) is 2.27. The Hall–Kier alpha value is -1.81. The zero-order valence-corrected chi connectivity index (χ0v) is 13.4. The Balaban J connectivity index is 2.09. The standard InChI is InChI=1S/C17H24N2O2/c1-11(2)21-16-8-6-15(7-9-16)17(20)10-19-14(5)12(3)13(4)18-19/h6-9,11,17,20H,10H2,1-5H3. The van der Waals surface area contributed by atoms with Crippen LogP contribution in [-0.4, -0.2) is 21.0 Å². The molecule has 21 heavy (non-hydrogen) atoms. The summed E-state index contributed by atoms with van der Waals surface area (Å²) in [5.74, 6) is 0.822. The average Bonchev–Trinajstić information content (AvgIpc) is 2.66. The molecule has 0 fully saturated rings. The Morgan fingerprint density at radius 2 is 1.76 bits per heavy atom. The van der Waals surface area contributed by atoms with Gasteiger partial charge in [0, 0.05) is 5.69 Å². The highest BCUT2D eigenvalue weighted by molar-refractivity contribution is 5.29. The first-order chi connectivity index (χ1) is 9.88. The van der Waals surface area contributed by atoms with Gasteiger partial charge in [0.15, 0.2) is 0 Å². The highest BCUT2D eigenvalue weighted by atomic mass is 16.5. The van der Waals surface area contributed by atoms with E-state index in [1.54, 1.807) is 0 Å².